The molecule has 0 spiro atoms. The quantitative estimate of drug-likeness (QED) is 0.256. The number of piperazine rings is 1. The number of halogens is 4. The summed E-state index contributed by atoms with van der Waals surface area (Å²) in [7, 11) is 0. The number of amides is 1. The van der Waals surface area contributed by atoms with Crippen LogP contribution < -0.4 is 36.2 Å². The number of aromatic nitrogens is 4. The van der Waals surface area contributed by atoms with Gasteiger partial charge in [0.2, 0.25) is 5.91 Å². The first kappa shape index (κ1) is 22.8. The number of nitrogens with zero attached hydrogens (tertiary/aromatic N) is 5. The number of carbonyl (C=O) groups excluding carboxylic acids is 1. The molecule has 190 valence electrons. The monoisotopic (exact) mass is 619 g/mol. The second-order valence-corrected chi connectivity index (χ2v) is 12.5. The first-order valence-corrected chi connectivity index (χ1v) is 14.2. The van der Waals surface area contributed by atoms with Crippen molar-refractivity contribution in [1.29, 1.82) is 0 Å². The minimum atomic E-state index is -2.92. The van der Waals surface area contributed by atoms with E-state index in [1.165, 1.54) is 6.07 Å². The Morgan fingerprint density at radius 1 is 1.16 bits per heavy atom. The molecular weight excluding hydrogens is 600 g/mol. The van der Waals surface area contributed by atoms with E-state index in [1.54, 1.807) is 35.5 Å². The van der Waals surface area contributed by atoms with E-state index in [1.807, 2.05) is 12.1 Å². The molecule has 2 aromatic heterocycles. The fourth-order valence-corrected chi connectivity index (χ4v) is 8.43. The van der Waals surface area contributed by atoms with Crippen molar-refractivity contribution < 1.29 is 43.9 Å². The minimum Gasteiger partial charge on any atom is -0.353 e. The topological polar surface area (TPSA) is 85.2 Å². The van der Waals surface area contributed by atoms with E-state index in [-0.39, 0.29) is 45.4 Å². The van der Waals surface area contributed by atoms with E-state index < -0.39 is 12.4 Å². The average Bonchev–Trinajstić information content (AvgIpc) is 3.49. The molecule has 37 heavy (non-hydrogen) atoms. The Labute approximate surface area is 219 Å². The molecule has 1 N–H and O–H groups in total. The van der Waals surface area contributed by atoms with E-state index in [9.17, 15) is 13.6 Å². The van der Waals surface area contributed by atoms with Crippen molar-refractivity contribution in [3.63, 3.8) is 0 Å². The minimum absolute atomic E-state index is 0.0967. The fourth-order valence-electron chi connectivity index (χ4n) is 5.20. The van der Waals surface area contributed by atoms with Gasteiger partial charge >= 0.3 is 197 Å². The predicted molar refractivity (Wildman–Crippen MR) is 124 cm³/mol. The standard InChI is InChI=1S/C25H19F3IN6O2/c26-15-8-16-17(7-14(15)12-9-31-25(32-10-12)34-6-5-30-19(36)11-34)35-22(20-21(29-20)23(35)33-16)13-3-1-2-4-18(13)37-24(27)28/h1-4,7-10,20-22,24H,5-6,11H2,(H,30,36)/q-1/t20-,21+,22-/m0/s1. The molecule has 7 rings (SSSR count). The van der Waals surface area contributed by atoms with Crippen LogP contribution in [0.4, 0.5) is 19.1 Å². The first-order chi connectivity index (χ1) is 18.0. The van der Waals surface area contributed by atoms with Gasteiger partial charge in [-0.3, -0.25) is 4.79 Å². The second kappa shape index (κ2) is 8.57. The number of hydrogen-bond donors (Lipinski definition) is 1. The van der Waals surface area contributed by atoms with Crippen molar-refractivity contribution in [3.05, 3.63) is 66.0 Å². The molecule has 0 bridgehead atoms. The van der Waals surface area contributed by atoms with E-state index in [0.29, 0.717) is 49.1 Å². The Kier molecular flexibility index (Phi) is 5.27. The molecule has 3 atom stereocenters. The van der Waals surface area contributed by atoms with Crippen molar-refractivity contribution in [2.75, 3.05) is 24.5 Å². The van der Waals surface area contributed by atoms with Gasteiger partial charge in [0.25, 0.3) is 0 Å². The van der Waals surface area contributed by atoms with Crippen LogP contribution in [-0.4, -0.2) is 55.6 Å². The summed E-state index contributed by atoms with van der Waals surface area (Å²) in [4.78, 5) is 27.0. The zero-order valence-corrected chi connectivity index (χ0v) is 21.3. The summed E-state index contributed by atoms with van der Waals surface area (Å²) in [6.45, 7) is -1.64. The number of imidazole rings is 1. The van der Waals surface area contributed by atoms with Gasteiger partial charge in [0.15, 0.2) is 0 Å². The molecular formula is C25H19F3IN6O2-. The van der Waals surface area contributed by atoms with Gasteiger partial charge in [-0.1, -0.05) is 0 Å². The molecule has 3 aliphatic heterocycles. The van der Waals surface area contributed by atoms with Gasteiger partial charge in [-0.25, -0.2) is 0 Å². The van der Waals surface area contributed by atoms with Crippen molar-refractivity contribution in [2.45, 2.75) is 20.5 Å². The van der Waals surface area contributed by atoms with Gasteiger partial charge in [0, 0.05) is 6.54 Å². The van der Waals surface area contributed by atoms with Crippen LogP contribution in [0.2, 0.25) is 0 Å². The normalized spacial score (nSPS) is 22.4. The van der Waals surface area contributed by atoms with Crippen LogP contribution in [0.25, 0.3) is 22.2 Å². The van der Waals surface area contributed by atoms with Crippen molar-refractivity contribution >= 4 is 22.9 Å². The SMILES string of the molecule is O=C1CN(c2ncc(-c3cc4c(cc3F)nc3n4[C@@H](c4ccccc4OC(F)F)[C@H]4[I-][C@@H]34)cn2)CCN1. The van der Waals surface area contributed by atoms with E-state index >= 15 is 4.39 Å². The Morgan fingerprint density at radius 2 is 1.97 bits per heavy atom. The number of ether oxygens (including phenoxy) is 1. The summed E-state index contributed by atoms with van der Waals surface area (Å²) in [6.07, 6.45) is 3.10. The molecule has 8 nitrogen and oxygen atoms in total. The molecule has 2 fully saturated rings. The third-order valence-electron chi connectivity index (χ3n) is 6.85. The van der Waals surface area contributed by atoms with Crippen LogP contribution >= 0.6 is 0 Å². The molecule has 0 unspecified atom stereocenters. The van der Waals surface area contributed by atoms with Gasteiger partial charge in [-0.15, -0.1) is 0 Å². The molecule has 2 aromatic carbocycles. The molecule has 12 heteroatoms. The number of carbonyl (C=O) groups is 1. The summed E-state index contributed by atoms with van der Waals surface area (Å²) in [5.41, 5.74) is 2.77. The second-order valence-electron chi connectivity index (χ2n) is 9.04. The van der Waals surface area contributed by atoms with Gasteiger partial charge in [0.1, 0.15) is 0 Å². The number of rotatable bonds is 5. The van der Waals surface area contributed by atoms with E-state index in [2.05, 4.69) is 19.9 Å². The maximum absolute atomic E-state index is 15.2. The molecule has 0 aliphatic carbocycles. The number of benzene rings is 2. The molecule has 2 saturated heterocycles. The molecule has 4 aromatic rings. The Bertz CT molecular complexity index is 1550. The van der Waals surface area contributed by atoms with Gasteiger partial charge < -0.3 is 5.32 Å². The molecule has 0 radical (unpaired) electrons. The van der Waals surface area contributed by atoms with Crippen LogP contribution in [0, 0.1) is 5.82 Å². The van der Waals surface area contributed by atoms with Crippen LogP contribution in [-0.2, 0) is 4.79 Å². The molecule has 1 amide bonds. The number of para-hydroxylation sites is 1. The third-order valence-corrected chi connectivity index (χ3v) is 10.4. The summed E-state index contributed by atoms with van der Waals surface area (Å²) in [5, 5.41) is 2.76. The zero-order valence-electron chi connectivity index (χ0n) is 19.1. The van der Waals surface area contributed by atoms with Gasteiger partial charge in [0.05, 0.1) is 0 Å². The van der Waals surface area contributed by atoms with Crippen molar-refractivity contribution in [2.24, 2.45) is 0 Å². The van der Waals surface area contributed by atoms with Crippen LogP contribution in [0.3, 0.4) is 0 Å². The van der Waals surface area contributed by atoms with Gasteiger partial charge in [-0.2, -0.15) is 0 Å². The number of anilines is 1. The zero-order chi connectivity index (χ0) is 25.3. The smallest absolute Gasteiger partial charge is 0.353 e. The van der Waals surface area contributed by atoms with E-state index in [4.69, 9.17) is 9.72 Å². The van der Waals surface area contributed by atoms with Crippen molar-refractivity contribution in [3.8, 4) is 16.9 Å². The molecule has 0 saturated carbocycles. The Balaban J connectivity index is 1.29. The predicted octanol–water partition coefficient (Wildman–Crippen LogP) is 0.285. The van der Waals surface area contributed by atoms with Crippen LogP contribution in [0.1, 0.15) is 21.4 Å². The summed E-state index contributed by atoms with van der Waals surface area (Å²) in [5.74, 6) is 0.907. The maximum atomic E-state index is 15.2. The fraction of sp³-hybridized carbons (Fsp3) is 0.280. The number of nitrogens with one attached hydrogen (secondary N) is 1. The third kappa shape index (κ3) is 3.80. The van der Waals surface area contributed by atoms with Gasteiger partial charge in [-0.05, 0) is 0 Å². The van der Waals surface area contributed by atoms with Crippen molar-refractivity contribution in [1.82, 2.24) is 24.8 Å². The summed E-state index contributed by atoms with van der Waals surface area (Å²) >= 11 is -0.176. The average molecular weight is 619 g/mol. The number of hydrogen-bond acceptors (Lipinski definition) is 6. The number of fused-ring (bicyclic) bond motifs is 5. The molecule has 5 heterocycles. The summed E-state index contributed by atoms with van der Waals surface area (Å²) < 4.78 is 49.1. The van der Waals surface area contributed by atoms with Crippen LogP contribution in [0.15, 0.2) is 48.8 Å². The van der Waals surface area contributed by atoms with Crippen LogP contribution in [0.5, 0.6) is 5.75 Å². The summed E-state index contributed by atoms with van der Waals surface area (Å²) in [6, 6.07) is 9.83. The van der Waals surface area contributed by atoms with E-state index in [0.717, 1.165) is 11.3 Å². The Morgan fingerprint density at radius 3 is 2.76 bits per heavy atom. The number of alkyl halides is 4. The first-order valence-electron chi connectivity index (χ1n) is 11.7. The molecule has 3 aliphatic rings. The Hall–Kier alpha value is -3.42.